The molecule has 0 saturated heterocycles. The van der Waals surface area contributed by atoms with Crippen LogP contribution in [0.4, 0.5) is 0 Å². The SMILES string of the molecule is CCOC(=O)c1ccc(C(=O)C(C)Cl)c(CC)c1. The summed E-state index contributed by atoms with van der Waals surface area (Å²) in [7, 11) is 0. The van der Waals surface area contributed by atoms with Gasteiger partial charge in [-0.3, -0.25) is 4.79 Å². The second-order valence-electron chi connectivity index (χ2n) is 3.93. The Bertz CT molecular complexity index is 452. The van der Waals surface area contributed by atoms with Crippen LogP contribution in [-0.4, -0.2) is 23.7 Å². The van der Waals surface area contributed by atoms with Crippen molar-refractivity contribution in [2.24, 2.45) is 0 Å². The standard InChI is InChI=1S/C14H17ClO3/c1-4-10-8-11(14(17)18-5-2)6-7-12(10)13(16)9(3)15/h6-9H,4-5H2,1-3H3. The van der Waals surface area contributed by atoms with Gasteiger partial charge in [0.1, 0.15) is 0 Å². The van der Waals surface area contributed by atoms with E-state index in [2.05, 4.69) is 0 Å². The molecular weight excluding hydrogens is 252 g/mol. The van der Waals surface area contributed by atoms with Gasteiger partial charge in [0.05, 0.1) is 17.5 Å². The smallest absolute Gasteiger partial charge is 0.338 e. The number of hydrogen-bond acceptors (Lipinski definition) is 3. The molecule has 1 atom stereocenters. The topological polar surface area (TPSA) is 43.4 Å². The van der Waals surface area contributed by atoms with Crippen LogP contribution >= 0.6 is 11.6 Å². The van der Waals surface area contributed by atoms with Crippen molar-refractivity contribution < 1.29 is 14.3 Å². The van der Waals surface area contributed by atoms with Crippen LogP contribution in [0.1, 0.15) is 47.1 Å². The van der Waals surface area contributed by atoms with E-state index in [4.69, 9.17) is 16.3 Å². The van der Waals surface area contributed by atoms with Gasteiger partial charge in [-0.25, -0.2) is 4.79 Å². The van der Waals surface area contributed by atoms with Crippen molar-refractivity contribution in [2.75, 3.05) is 6.61 Å². The van der Waals surface area contributed by atoms with Gasteiger partial charge in [0, 0.05) is 5.56 Å². The number of aryl methyl sites for hydroxylation is 1. The number of ketones is 1. The first-order valence-electron chi connectivity index (χ1n) is 5.99. The van der Waals surface area contributed by atoms with E-state index in [0.29, 0.717) is 24.2 Å². The Morgan fingerprint density at radius 3 is 2.50 bits per heavy atom. The van der Waals surface area contributed by atoms with Gasteiger partial charge in [0.2, 0.25) is 0 Å². The molecule has 0 saturated carbocycles. The molecule has 0 aliphatic heterocycles. The van der Waals surface area contributed by atoms with Crippen LogP contribution in [0.3, 0.4) is 0 Å². The molecule has 18 heavy (non-hydrogen) atoms. The first kappa shape index (κ1) is 14.7. The van der Waals surface area contributed by atoms with Gasteiger partial charge in [-0.05, 0) is 38.0 Å². The third-order valence-corrected chi connectivity index (χ3v) is 2.82. The minimum atomic E-state index is -0.566. The Balaban J connectivity index is 3.11. The van der Waals surface area contributed by atoms with E-state index in [0.717, 1.165) is 5.56 Å². The predicted octanol–water partition coefficient (Wildman–Crippen LogP) is 3.24. The number of esters is 1. The number of hydrogen-bond donors (Lipinski definition) is 0. The maximum absolute atomic E-state index is 11.9. The number of halogens is 1. The molecule has 4 heteroatoms. The van der Waals surface area contributed by atoms with Gasteiger partial charge in [0.25, 0.3) is 0 Å². The summed E-state index contributed by atoms with van der Waals surface area (Å²) >= 11 is 5.80. The van der Waals surface area contributed by atoms with E-state index >= 15 is 0 Å². The normalized spacial score (nSPS) is 12.0. The zero-order valence-corrected chi connectivity index (χ0v) is 11.6. The lowest BCUT2D eigenvalue weighted by Crippen LogP contribution is -2.14. The number of benzene rings is 1. The maximum atomic E-state index is 11.9. The van der Waals surface area contributed by atoms with E-state index in [1.54, 1.807) is 32.0 Å². The van der Waals surface area contributed by atoms with Crippen molar-refractivity contribution >= 4 is 23.4 Å². The molecule has 1 unspecified atom stereocenters. The Morgan fingerprint density at radius 2 is 2.00 bits per heavy atom. The van der Waals surface area contributed by atoms with Gasteiger partial charge < -0.3 is 4.74 Å². The van der Waals surface area contributed by atoms with Crippen molar-refractivity contribution in [3.63, 3.8) is 0 Å². The van der Waals surface area contributed by atoms with Crippen LogP contribution in [0.25, 0.3) is 0 Å². The van der Waals surface area contributed by atoms with Crippen molar-refractivity contribution in [3.8, 4) is 0 Å². The molecule has 0 aliphatic rings. The number of ether oxygens (including phenoxy) is 1. The molecule has 0 heterocycles. The summed E-state index contributed by atoms with van der Waals surface area (Å²) < 4.78 is 4.93. The Morgan fingerprint density at radius 1 is 1.33 bits per heavy atom. The number of rotatable bonds is 5. The highest BCUT2D eigenvalue weighted by Crippen LogP contribution is 2.17. The van der Waals surface area contributed by atoms with Crippen LogP contribution in [-0.2, 0) is 11.2 Å². The predicted molar refractivity (Wildman–Crippen MR) is 71.4 cm³/mol. The van der Waals surface area contributed by atoms with Gasteiger partial charge >= 0.3 is 5.97 Å². The van der Waals surface area contributed by atoms with Crippen LogP contribution in [0, 0.1) is 0 Å². The third-order valence-electron chi connectivity index (χ3n) is 2.62. The molecule has 0 bridgehead atoms. The fourth-order valence-electron chi connectivity index (χ4n) is 1.68. The minimum Gasteiger partial charge on any atom is -0.462 e. The first-order valence-corrected chi connectivity index (χ1v) is 6.43. The van der Waals surface area contributed by atoms with Crippen LogP contribution in [0.2, 0.25) is 0 Å². The van der Waals surface area contributed by atoms with Crippen LogP contribution < -0.4 is 0 Å². The van der Waals surface area contributed by atoms with E-state index in [-0.39, 0.29) is 11.8 Å². The highest BCUT2D eigenvalue weighted by Gasteiger charge is 2.17. The Hall–Kier alpha value is -1.35. The second-order valence-corrected chi connectivity index (χ2v) is 4.58. The van der Waals surface area contributed by atoms with Crippen molar-refractivity contribution in [1.29, 1.82) is 0 Å². The lowest BCUT2D eigenvalue weighted by molar-refractivity contribution is 0.0526. The average Bonchev–Trinajstić information content (AvgIpc) is 2.37. The number of Topliss-reactive ketones (excluding diaryl/α,β-unsaturated/α-hetero) is 1. The van der Waals surface area contributed by atoms with E-state index in [1.165, 1.54) is 0 Å². The largest absolute Gasteiger partial charge is 0.462 e. The Kier molecular flexibility index (Phi) is 5.35. The van der Waals surface area contributed by atoms with Gasteiger partial charge in [-0.15, -0.1) is 11.6 Å². The van der Waals surface area contributed by atoms with Gasteiger partial charge in [-0.2, -0.15) is 0 Å². The summed E-state index contributed by atoms with van der Waals surface area (Å²) in [6.07, 6.45) is 0.665. The number of alkyl halides is 1. The monoisotopic (exact) mass is 268 g/mol. The maximum Gasteiger partial charge on any atom is 0.338 e. The molecule has 0 N–H and O–H groups in total. The van der Waals surface area contributed by atoms with Crippen LogP contribution in [0.15, 0.2) is 18.2 Å². The van der Waals surface area contributed by atoms with Crippen molar-refractivity contribution in [2.45, 2.75) is 32.6 Å². The molecule has 1 aromatic carbocycles. The quantitative estimate of drug-likeness (QED) is 0.468. The summed E-state index contributed by atoms with van der Waals surface area (Å²) in [4.78, 5) is 23.5. The van der Waals surface area contributed by atoms with Crippen LogP contribution in [0.5, 0.6) is 0 Å². The van der Waals surface area contributed by atoms with E-state index in [9.17, 15) is 9.59 Å². The lowest BCUT2D eigenvalue weighted by Gasteiger charge is -2.10. The molecule has 1 rings (SSSR count). The fraction of sp³-hybridized carbons (Fsp3) is 0.429. The Labute approximate surface area is 112 Å². The highest BCUT2D eigenvalue weighted by molar-refractivity contribution is 6.33. The minimum absolute atomic E-state index is 0.121. The zero-order chi connectivity index (χ0) is 13.7. The number of carbonyl (C=O) groups is 2. The summed E-state index contributed by atoms with van der Waals surface area (Å²) in [6.45, 7) is 5.66. The van der Waals surface area contributed by atoms with Gasteiger partial charge in [-0.1, -0.05) is 13.0 Å². The third kappa shape index (κ3) is 3.33. The molecular formula is C14H17ClO3. The molecule has 98 valence electrons. The van der Waals surface area contributed by atoms with E-state index < -0.39 is 5.38 Å². The summed E-state index contributed by atoms with van der Waals surface area (Å²) in [5.74, 6) is -0.492. The number of carbonyl (C=O) groups excluding carboxylic acids is 2. The van der Waals surface area contributed by atoms with E-state index in [1.807, 2.05) is 6.92 Å². The zero-order valence-electron chi connectivity index (χ0n) is 10.8. The second kappa shape index (κ2) is 6.55. The van der Waals surface area contributed by atoms with Crippen molar-refractivity contribution in [3.05, 3.63) is 34.9 Å². The average molecular weight is 269 g/mol. The van der Waals surface area contributed by atoms with Crippen molar-refractivity contribution in [1.82, 2.24) is 0 Å². The first-order chi connectivity index (χ1) is 8.51. The summed E-state index contributed by atoms with van der Waals surface area (Å²) in [5, 5.41) is -0.566. The molecule has 0 amide bonds. The lowest BCUT2D eigenvalue weighted by atomic mass is 9.97. The molecule has 0 fully saturated rings. The highest BCUT2D eigenvalue weighted by atomic mass is 35.5. The molecule has 0 aromatic heterocycles. The molecule has 3 nitrogen and oxygen atoms in total. The summed E-state index contributed by atoms with van der Waals surface area (Å²) in [6, 6.07) is 4.94. The summed E-state index contributed by atoms with van der Waals surface area (Å²) in [5.41, 5.74) is 1.86. The molecule has 1 aromatic rings. The molecule has 0 aliphatic carbocycles. The van der Waals surface area contributed by atoms with Gasteiger partial charge in [0.15, 0.2) is 5.78 Å². The molecule has 0 radical (unpaired) electrons. The fourth-order valence-corrected chi connectivity index (χ4v) is 1.80. The molecule has 0 spiro atoms.